The molecule has 2 saturated carbocycles. The lowest BCUT2D eigenvalue weighted by Gasteiger charge is -2.59. The molecule has 0 N–H and O–H groups in total. The number of fused-ring (bicyclic) bond motifs is 2. The lowest BCUT2D eigenvalue weighted by atomic mass is 9.57. The summed E-state index contributed by atoms with van der Waals surface area (Å²) in [6, 6.07) is 0. The molecule has 0 aromatic heterocycles. The van der Waals surface area contributed by atoms with Gasteiger partial charge in [0.2, 0.25) is 0 Å². The molecule has 3 heterocycles. The summed E-state index contributed by atoms with van der Waals surface area (Å²) in [6.45, 7) is 7.82. The second kappa shape index (κ2) is 3.96. The van der Waals surface area contributed by atoms with Crippen LogP contribution in [0.4, 0.5) is 0 Å². The van der Waals surface area contributed by atoms with Crippen LogP contribution in [-0.2, 0) is 14.5 Å². The molecule has 0 aromatic rings. The molecule has 0 amide bonds. The first-order valence-corrected chi connectivity index (χ1v) is 8.04. The number of hydrogen-bond acceptors (Lipinski definition) is 3. The van der Waals surface area contributed by atoms with Crippen molar-refractivity contribution >= 4 is 0 Å². The van der Waals surface area contributed by atoms with Crippen LogP contribution in [0.1, 0.15) is 52.9 Å². The minimum Gasteiger partial charge on any atom is -0.375 e. The van der Waals surface area contributed by atoms with Crippen LogP contribution in [0.2, 0.25) is 0 Å². The minimum absolute atomic E-state index is 0.127. The van der Waals surface area contributed by atoms with Gasteiger partial charge in [0, 0.05) is 6.42 Å². The molecule has 0 aromatic carbocycles. The molecular weight excluding hydrogens is 240 g/mol. The van der Waals surface area contributed by atoms with Crippen LogP contribution in [-0.4, -0.2) is 23.9 Å². The van der Waals surface area contributed by atoms with Crippen molar-refractivity contribution < 1.29 is 14.5 Å². The van der Waals surface area contributed by atoms with E-state index in [9.17, 15) is 0 Å². The van der Waals surface area contributed by atoms with Crippen molar-refractivity contribution in [3.63, 3.8) is 0 Å². The third-order valence-electron chi connectivity index (χ3n) is 6.52. The largest absolute Gasteiger partial charge is 0.375 e. The maximum absolute atomic E-state index is 6.24. The second-order valence-corrected chi connectivity index (χ2v) is 7.78. The monoisotopic (exact) mass is 266 g/mol. The van der Waals surface area contributed by atoms with E-state index in [1.807, 2.05) is 0 Å². The van der Waals surface area contributed by atoms with E-state index >= 15 is 0 Å². The zero-order chi connectivity index (χ0) is 13.3. The molecule has 108 valence electrons. The molecule has 1 spiro atoms. The Hall–Kier alpha value is -0.120. The fraction of sp³-hybridized carbons (Fsp3) is 1.00. The maximum Gasteiger partial charge on any atom is 0.136 e. The highest BCUT2D eigenvalue weighted by Gasteiger charge is 2.66. The van der Waals surface area contributed by atoms with Crippen molar-refractivity contribution in [1.82, 2.24) is 0 Å². The quantitative estimate of drug-likeness (QED) is 0.629. The zero-order valence-corrected chi connectivity index (χ0v) is 12.4. The number of ether oxygens (including phenoxy) is 1. The summed E-state index contributed by atoms with van der Waals surface area (Å²) in [5, 5.41) is 0. The van der Waals surface area contributed by atoms with Crippen LogP contribution in [0.5, 0.6) is 0 Å². The molecule has 3 saturated heterocycles. The van der Waals surface area contributed by atoms with Gasteiger partial charge < -0.3 is 4.74 Å². The summed E-state index contributed by atoms with van der Waals surface area (Å²) in [5.41, 5.74) is -0.274. The molecule has 5 fully saturated rings. The lowest BCUT2D eigenvalue weighted by molar-refractivity contribution is -0.483. The van der Waals surface area contributed by atoms with Crippen molar-refractivity contribution in [2.45, 2.75) is 70.2 Å². The fourth-order valence-corrected chi connectivity index (χ4v) is 5.42. The summed E-state index contributed by atoms with van der Waals surface area (Å²) >= 11 is 0. The number of rotatable bonds is 0. The van der Waals surface area contributed by atoms with Gasteiger partial charge in [0.15, 0.2) is 0 Å². The van der Waals surface area contributed by atoms with E-state index in [2.05, 4.69) is 20.8 Å². The summed E-state index contributed by atoms with van der Waals surface area (Å²) in [6.07, 6.45) is 6.24. The highest BCUT2D eigenvalue weighted by molar-refractivity contribution is 5.12. The fourth-order valence-electron chi connectivity index (χ4n) is 5.42. The summed E-state index contributed by atoms with van der Waals surface area (Å²) in [5.74, 6) is 2.56. The van der Waals surface area contributed by atoms with Gasteiger partial charge >= 0.3 is 0 Å². The van der Waals surface area contributed by atoms with Crippen LogP contribution in [0, 0.1) is 23.7 Å². The highest BCUT2D eigenvalue weighted by Crippen LogP contribution is 2.60. The molecular formula is C16H26O3. The van der Waals surface area contributed by atoms with Crippen molar-refractivity contribution in [3.05, 3.63) is 0 Å². The van der Waals surface area contributed by atoms with Gasteiger partial charge in [0.25, 0.3) is 0 Å². The van der Waals surface area contributed by atoms with Crippen LogP contribution in [0.25, 0.3) is 0 Å². The predicted octanol–water partition coefficient (Wildman–Crippen LogP) is 3.33. The third-order valence-corrected chi connectivity index (χ3v) is 6.52. The zero-order valence-electron chi connectivity index (χ0n) is 12.4. The Bertz CT molecular complexity index is 384. The van der Waals surface area contributed by atoms with Crippen LogP contribution < -0.4 is 0 Å². The Morgan fingerprint density at radius 2 is 1.74 bits per heavy atom. The van der Waals surface area contributed by atoms with Crippen LogP contribution in [0.3, 0.4) is 0 Å². The molecule has 7 atom stereocenters. The average Bonchev–Trinajstić information content (AvgIpc) is 2.61. The minimum atomic E-state index is -0.147. The van der Waals surface area contributed by atoms with Gasteiger partial charge in [-0.3, -0.25) is 0 Å². The van der Waals surface area contributed by atoms with Crippen molar-refractivity contribution in [3.8, 4) is 0 Å². The molecule has 3 aliphatic heterocycles. The number of hydrogen-bond donors (Lipinski definition) is 0. The molecule has 3 heteroatoms. The smallest absolute Gasteiger partial charge is 0.136 e. The van der Waals surface area contributed by atoms with Gasteiger partial charge in [-0.15, -0.1) is 0 Å². The van der Waals surface area contributed by atoms with Gasteiger partial charge in [0.05, 0.1) is 12.7 Å². The van der Waals surface area contributed by atoms with E-state index in [0.29, 0.717) is 17.8 Å². The van der Waals surface area contributed by atoms with Gasteiger partial charge in [0.1, 0.15) is 11.2 Å². The molecule has 5 aliphatic rings. The first-order valence-electron chi connectivity index (χ1n) is 8.04. The SMILES string of the molecule is C[C@@H]1CC[C@H]2[C@@H](C)CO[C@@H]3C[C@]4(C)CC[C@@H]1[C@@]32OO4. The van der Waals surface area contributed by atoms with Crippen LogP contribution >= 0.6 is 0 Å². The van der Waals surface area contributed by atoms with E-state index in [-0.39, 0.29) is 17.3 Å². The first-order chi connectivity index (χ1) is 9.05. The van der Waals surface area contributed by atoms with Crippen molar-refractivity contribution in [2.24, 2.45) is 23.7 Å². The van der Waals surface area contributed by atoms with Gasteiger partial charge in [-0.1, -0.05) is 13.8 Å². The maximum atomic E-state index is 6.24. The molecule has 0 unspecified atom stereocenters. The Balaban J connectivity index is 1.81. The van der Waals surface area contributed by atoms with Gasteiger partial charge in [-0.25, -0.2) is 9.78 Å². The Labute approximate surface area is 115 Å². The molecule has 0 radical (unpaired) electrons. The Kier molecular flexibility index (Phi) is 2.63. The lowest BCUT2D eigenvalue weighted by Crippen LogP contribution is -2.67. The second-order valence-electron chi connectivity index (χ2n) is 7.78. The summed E-state index contributed by atoms with van der Waals surface area (Å²) < 4.78 is 6.24. The van der Waals surface area contributed by atoms with E-state index in [0.717, 1.165) is 25.4 Å². The van der Waals surface area contributed by atoms with E-state index in [4.69, 9.17) is 14.5 Å². The third kappa shape index (κ3) is 1.55. The highest BCUT2D eigenvalue weighted by atomic mass is 17.2. The van der Waals surface area contributed by atoms with E-state index < -0.39 is 0 Å². The Morgan fingerprint density at radius 3 is 2.58 bits per heavy atom. The van der Waals surface area contributed by atoms with Crippen molar-refractivity contribution in [2.75, 3.05) is 6.61 Å². The molecule has 19 heavy (non-hydrogen) atoms. The topological polar surface area (TPSA) is 27.7 Å². The van der Waals surface area contributed by atoms with Gasteiger partial charge in [-0.05, 0) is 56.3 Å². The van der Waals surface area contributed by atoms with Crippen LogP contribution in [0.15, 0.2) is 0 Å². The summed E-state index contributed by atoms with van der Waals surface area (Å²) in [4.78, 5) is 12.1. The predicted molar refractivity (Wildman–Crippen MR) is 71.4 cm³/mol. The van der Waals surface area contributed by atoms with Crippen molar-refractivity contribution in [1.29, 1.82) is 0 Å². The van der Waals surface area contributed by atoms with E-state index in [1.54, 1.807) is 0 Å². The summed E-state index contributed by atoms with van der Waals surface area (Å²) in [7, 11) is 0. The normalized spacial score (nSPS) is 60.5. The van der Waals surface area contributed by atoms with E-state index in [1.165, 1.54) is 19.3 Å². The molecule has 2 aliphatic carbocycles. The van der Waals surface area contributed by atoms with Gasteiger partial charge in [-0.2, -0.15) is 0 Å². The first kappa shape index (κ1) is 12.6. The molecule has 5 rings (SSSR count). The molecule has 3 nitrogen and oxygen atoms in total. The molecule has 2 bridgehead atoms. The average molecular weight is 266 g/mol. The standard InChI is InChI=1S/C16H26O3/c1-10-4-5-12-11(2)9-17-14-8-15(3)7-6-13(10)16(12,14)19-18-15/h10-14H,4-9H2,1-3H3/t10-,11+,12+,13+,14-,15+,16-/m1/s1. The Morgan fingerprint density at radius 1 is 0.947 bits per heavy atom.